The van der Waals surface area contributed by atoms with E-state index in [1.165, 1.54) is 42.3 Å². The Labute approximate surface area is 128 Å². The second kappa shape index (κ2) is 6.49. The van der Waals surface area contributed by atoms with Crippen molar-refractivity contribution in [2.24, 2.45) is 0 Å². The molecule has 0 spiro atoms. The number of likely N-dealkylation sites (N-methyl/N-ethyl adjacent to an activating group) is 1. The predicted molar refractivity (Wildman–Crippen MR) is 78.3 cm³/mol. The van der Waals surface area contributed by atoms with Crippen molar-refractivity contribution in [2.75, 3.05) is 12.4 Å². The highest BCUT2D eigenvalue weighted by Crippen LogP contribution is 2.21. The van der Waals surface area contributed by atoms with E-state index in [-0.39, 0.29) is 22.5 Å². The lowest BCUT2D eigenvalue weighted by molar-refractivity contribution is -0.121. The van der Waals surface area contributed by atoms with E-state index in [2.05, 4.69) is 31.7 Å². The van der Waals surface area contributed by atoms with Gasteiger partial charge < -0.3 is 10.6 Å². The van der Waals surface area contributed by atoms with Crippen LogP contribution in [0.5, 0.6) is 0 Å². The lowest BCUT2D eigenvalue weighted by Crippen LogP contribution is -2.23. The zero-order chi connectivity index (χ0) is 15.4. The number of nitrogens with one attached hydrogen (secondary N) is 2. The summed E-state index contributed by atoms with van der Waals surface area (Å²) < 4.78 is 14.9. The molecule has 2 amide bonds. The summed E-state index contributed by atoms with van der Waals surface area (Å²) >= 11 is 3.03. The van der Waals surface area contributed by atoms with Gasteiger partial charge in [-0.05, 0) is 28.1 Å². The molecule has 8 heteroatoms. The number of benzene rings is 1. The minimum Gasteiger partial charge on any atom is -0.358 e. The van der Waals surface area contributed by atoms with Crippen LogP contribution in [0.4, 0.5) is 10.1 Å². The van der Waals surface area contributed by atoms with E-state index < -0.39 is 11.7 Å². The summed E-state index contributed by atoms with van der Waals surface area (Å²) in [7, 11) is 1.52. The van der Waals surface area contributed by atoms with E-state index in [1.54, 1.807) is 0 Å². The van der Waals surface area contributed by atoms with Crippen molar-refractivity contribution in [1.82, 2.24) is 15.1 Å². The van der Waals surface area contributed by atoms with Gasteiger partial charge in [-0.2, -0.15) is 5.10 Å². The Balaban J connectivity index is 2.09. The minimum absolute atomic E-state index is 0.0516. The second-order valence-corrected chi connectivity index (χ2v) is 4.95. The van der Waals surface area contributed by atoms with E-state index in [1.807, 2.05) is 0 Å². The van der Waals surface area contributed by atoms with Gasteiger partial charge in [0.1, 0.15) is 12.4 Å². The van der Waals surface area contributed by atoms with Crippen LogP contribution in [0.25, 0.3) is 0 Å². The summed E-state index contributed by atoms with van der Waals surface area (Å²) in [6, 6.07) is 4.20. The molecule has 0 saturated heterocycles. The van der Waals surface area contributed by atoms with Gasteiger partial charge in [-0.1, -0.05) is 6.07 Å². The van der Waals surface area contributed by atoms with E-state index in [0.29, 0.717) is 5.69 Å². The fraction of sp³-hybridized carbons (Fsp3) is 0.154. The van der Waals surface area contributed by atoms with Gasteiger partial charge in [-0.15, -0.1) is 0 Å². The first-order chi connectivity index (χ1) is 10.0. The van der Waals surface area contributed by atoms with Crippen LogP contribution in [0.2, 0.25) is 0 Å². The number of anilines is 1. The maximum atomic E-state index is 13.4. The van der Waals surface area contributed by atoms with E-state index in [9.17, 15) is 14.0 Å². The smallest absolute Gasteiger partial charge is 0.257 e. The van der Waals surface area contributed by atoms with Crippen LogP contribution in [-0.4, -0.2) is 28.6 Å². The second-order valence-electron chi connectivity index (χ2n) is 4.16. The van der Waals surface area contributed by atoms with Crippen molar-refractivity contribution in [3.8, 4) is 0 Å². The van der Waals surface area contributed by atoms with Crippen LogP contribution >= 0.6 is 15.9 Å². The first-order valence-electron chi connectivity index (χ1n) is 5.99. The molecule has 0 unspecified atom stereocenters. The molecule has 1 aromatic heterocycles. The molecule has 0 radical (unpaired) electrons. The highest BCUT2D eigenvalue weighted by atomic mass is 79.9. The number of nitrogens with zero attached hydrogens (tertiary/aromatic N) is 2. The quantitative estimate of drug-likeness (QED) is 0.878. The maximum absolute atomic E-state index is 13.4. The molecular formula is C13H12BrFN4O2. The molecular weight excluding hydrogens is 343 g/mol. The van der Waals surface area contributed by atoms with E-state index >= 15 is 0 Å². The number of aromatic nitrogens is 2. The highest BCUT2D eigenvalue weighted by Gasteiger charge is 2.14. The fourth-order valence-corrected chi connectivity index (χ4v) is 2.06. The molecule has 0 fully saturated rings. The Kier molecular flexibility index (Phi) is 4.69. The zero-order valence-electron chi connectivity index (χ0n) is 11.1. The highest BCUT2D eigenvalue weighted by molar-refractivity contribution is 9.10. The number of hydrogen-bond donors (Lipinski definition) is 2. The SMILES string of the molecule is CNC(=O)Cn1cc(NC(=O)c2cccc(F)c2Br)cn1. The summed E-state index contributed by atoms with van der Waals surface area (Å²) in [4.78, 5) is 23.3. The summed E-state index contributed by atoms with van der Waals surface area (Å²) in [6.45, 7) is 0.0516. The summed E-state index contributed by atoms with van der Waals surface area (Å²) in [6.07, 6.45) is 2.92. The van der Waals surface area contributed by atoms with Gasteiger partial charge in [-0.25, -0.2) is 4.39 Å². The molecule has 0 aliphatic rings. The number of halogens is 2. The van der Waals surface area contributed by atoms with Crippen molar-refractivity contribution in [3.63, 3.8) is 0 Å². The third kappa shape index (κ3) is 3.66. The van der Waals surface area contributed by atoms with Crippen LogP contribution in [0.15, 0.2) is 35.1 Å². The van der Waals surface area contributed by atoms with E-state index in [4.69, 9.17) is 0 Å². The summed E-state index contributed by atoms with van der Waals surface area (Å²) in [5.41, 5.74) is 0.592. The van der Waals surface area contributed by atoms with Crippen molar-refractivity contribution in [1.29, 1.82) is 0 Å². The monoisotopic (exact) mass is 354 g/mol. The number of amides is 2. The topological polar surface area (TPSA) is 76.0 Å². The Morgan fingerprint density at radius 2 is 2.19 bits per heavy atom. The average Bonchev–Trinajstić information content (AvgIpc) is 2.88. The van der Waals surface area contributed by atoms with Crippen LogP contribution in [-0.2, 0) is 11.3 Å². The normalized spacial score (nSPS) is 10.2. The average molecular weight is 355 g/mol. The van der Waals surface area contributed by atoms with Gasteiger partial charge in [0, 0.05) is 13.2 Å². The van der Waals surface area contributed by atoms with Gasteiger partial charge in [-0.3, -0.25) is 14.3 Å². The third-order valence-corrected chi connectivity index (χ3v) is 3.48. The Bertz CT molecular complexity index is 687. The van der Waals surface area contributed by atoms with Crippen LogP contribution in [0.3, 0.4) is 0 Å². The first kappa shape index (κ1) is 15.2. The largest absolute Gasteiger partial charge is 0.358 e. The molecule has 0 aliphatic heterocycles. The fourth-order valence-electron chi connectivity index (χ4n) is 1.62. The molecule has 110 valence electrons. The zero-order valence-corrected chi connectivity index (χ0v) is 12.6. The van der Waals surface area contributed by atoms with Crippen molar-refractivity contribution < 1.29 is 14.0 Å². The van der Waals surface area contributed by atoms with Gasteiger partial charge in [0.15, 0.2) is 0 Å². The van der Waals surface area contributed by atoms with Gasteiger partial charge >= 0.3 is 0 Å². The molecule has 2 rings (SSSR count). The predicted octanol–water partition coefficient (Wildman–Crippen LogP) is 1.78. The molecule has 2 N–H and O–H groups in total. The Morgan fingerprint density at radius 1 is 1.43 bits per heavy atom. The van der Waals surface area contributed by atoms with Crippen LogP contribution < -0.4 is 10.6 Å². The third-order valence-electron chi connectivity index (χ3n) is 2.67. The molecule has 6 nitrogen and oxygen atoms in total. The van der Waals surface area contributed by atoms with Gasteiger partial charge in [0.25, 0.3) is 5.91 Å². The van der Waals surface area contributed by atoms with Gasteiger partial charge in [0.2, 0.25) is 5.91 Å². The maximum Gasteiger partial charge on any atom is 0.257 e. The molecule has 0 bridgehead atoms. The standard InChI is InChI=1S/C13H12BrFN4O2/c1-16-11(20)7-19-6-8(5-17-19)18-13(21)9-3-2-4-10(15)12(9)14/h2-6H,7H2,1H3,(H,16,20)(H,18,21). The molecule has 1 aromatic carbocycles. The van der Waals surface area contributed by atoms with Crippen molar-refractivity contribution >= 4 is 33.4 Å². The van der Waals surface area contributed by atoms with Crippen LogP contribution in [0, 0.1) is 5.82 Å². The molecule has 0 aliphatic carbocycles. The Morgan fingerprint density at radius 3 is 2.90 bits per heavy atom. The number of rotatable bonds is 4. The summed E-state index contributed by atoms with van der Waals surface area (Å²) in [5.74, 6) is -1.19. The van der Waals surface area contributed by atoms with Crippen molar-refractivity contribution in [3.05, 3.63) is 46.4 Å². The van der Waals surface area contributed by atoms with Crippen LogP contribution in [0.1, 0.15) is 10.4 Å². The summed E-state index contributed by atoms with van der Waals surface area (Å²) in [5, 5.41) is 9.00. The molecule has 0 atom stereocenters. The van der Waals surface area contributed by atoms with Crippen molar-refractivity contribution in [2.45, 2.75) is 6.54 Å². The number of carbonyl (C=O) groups is 2. The lowest BCUT2D eigenvalue weighted by atomic mass is 10.2. The molecule has 0 saturated carbocycles. The Hall–Kier alpha value is -2.22. The molecule has 1 heterocycles. The number of hydrogen-bond acceptors (Lipinski definition) is 3. The van der Waals surface area contributed by atoms with Gasteiger partial charge in [0.05, 0.1) is 21.9 Å². The first-order valence-corrected chi connectivity index (χ1v) is 6.79. The van der Waals surface area contributed by atoms with E-state index in [0.717, 1.165) is 0 Å². The molecule has 2 aromatic rings. The molecule has 21 heavy (non-hydrogen) atoms. The number of carbonyl (C=O) groups excluding carboxylic acids is 2. The minimum atomic E-state index is -0.516. The lowest BCUT2D eigenvalue weighted by Gasteiger charge is -2.05.